The predicted molar refractivity (Wildman–Crippen MR) is 79.8 cm³/mol. The molecule has 5 heteroatoms. The lowest BCUT2D eigenvalue weighted by molar-refractivity contribution is 0.607. The first-order valence-electron chi connectivity index (χ1n) is 6.11. The Balaban J connectivity index is 2.41. The van der Waals surface area contributed by atoms with E-state index in [-0.39, 0.29) is 5.82 Å². The van der Waals surface area contributed by atoms with E-state index < -0.39 is 10.0 Å². The second kappa shape index (κ2) is 5.25. The van der Waals surface area contributed by atoms with Crippen LogP contribution in [0.1, 0.15) is 11.1 Å². The third-order valence-corrected chi connectivity index (χ3v) is 3.62. The zero-order valence-corrected chi connectivity index (χ0v) is 12.4. The lowest BCUT2D eigenvalue weighted by Crippen LogP contribution is -2.09. The molecule has 106 valence electrons. The highest BCUT2D eigenvalue weighted by Gasteiger charge is 2.07. The Hall–Kier alpha value is -1.88. The van der Waals surface area contributed by atoms with Crippen LogP contribution >= 0.6 is 0 Å². The van der Waals surface area contributed by atoms with Gasteiger partial charge in [-0.05, 0) is 54.3 Å². The number of nitrogens with one attached hydrogen (secondary N) is 1. The van der Waals surface area contributed by atoms with Crippen molar-refractivity contribution < 1.29 is 12.8 Å². The van der Waals surface area contributed by atoms with Gasteiger partial charge in [0.2, 0.25) is 10.0 Å². The van der Waals surface area contributed by atoms with Gasteiger partial charge in [-0.25, -0.2) is 12.8 Å². The van der Waals surface area contributed by atoms with Crippen LogP contribution in [0.25, 0.3) is 11.1 Å². The number of halogens is 1. The van der Waals surface area contributed by atoms with Crippen LogP contribution in [0.5, 0.6) is 0 Å². The minimum Gasteiger partial charge on any atom is -0.284 e. The summed E-state index contributed by atoms with van der Waals surface area (Å²) in [6.45, 7) is 3.58. The van der Waals surface area contributed by atoms with Gasteiger partial charge < -0.3 is 0 Å². The van der Waals surface area contributed by atoms with E-state index in [2.05, 4.69) is 4.72 Å². The van der Waals surface area contributed by atoms with Crippen molar-refractivity contribution in [3.63, 3.8) is 0 Å². The van der Waals surface area contributed by atoms with E-state index in [0.29, 0.717) is 11.3 Å². The zero-order valence-electron chi connectivity index (χ0n) is 11.6. The first kappa shape index (κ1) is 14.5. The van der Waals surface area contributed by atoms with E-state index in [4.69, 9.17) is 0 Å². The largest absolute Gasteiger partial charge is 0.284 e. The lowest BCUT2D eigenvalue weighted by atomic mass is 9.99. The van der Waals surface area contributed by atoms with Gasteiger partial charge >= 0.3 is 0 Å². The molecule has 0 fully saturated rings. The second-order valence-corrected chi connectivity index (χ2v) is 6.62. The average Bonchev–Trinajstić information content (AvgIpc) is 2.31. The summed E-state index contributed by atoms with van der Waals surface area (Å²) in [4.78, 5) is 0. The summed E-state index contributed by atoms with van der Waals surface area (Å²) in [5, 5.41) is 0. The van der Waals surface area contributed by atoms with Crippen LogP contribution in [0.2, 0.25) is 0 Å². The Morgan fingerprint density at radius 1 is 1.00 bits per heavy atom. The number of hydrogen-bond acceptors (Lipinski definition) is 2. The van der Waals surface area contributed by atoms with Crippen LogP contribution in [0.15, 0.2) is 36.4 Å². The topological polar surface area (TPSA) is 46.2 Å². The van der Waals surface area contributed by atoms with Crippen LogP contribution in [0.4, 0.5) is 10.1 Å². The molecule has 3 nitrogen and oxygen atoms in total. The maximum absolute atomic E-state index is 13.6. The summed E-state index contributed by atoms with van der Waals surface area (Å²) < 4.78 is 38.4. The van der Waals surface area contributed by atoms with Crippen molar-refractivity contribution in [1.82, 2.24) is 0 Å². The maximum atomic E-state index is 13.6. The van der Waals surface area contributed by atoms with Crippen LogP contribution in [0.3, 0.4) is 0 Å². The van der Waals surface area contributed by atoms with Crippen molar-refractivity contribution in [2.75, 3.05) is 11.0 Å². The molecule has 0 saturated carbocycles. The van der Waals surface area contributed by atoms with Gasteiger partial charge in [-0.1, -0.05) is 18.2 Å². The van der Waals surface area contributed by atoms with E-state index in [1.165, 1.54) is 6.07 Å². The second-order valence-electron chi connectivity index (χ2n) is 4.87. The van der Waals surface area contributed by atoms with E-state index in [1.807, 2.05) is 13.0 Å². The fourth-order valence-electron chi connectivity index (χ4n) is 2.03. The number of aryl methyl sites for hydroxylation is 2. The summed E-state index contributed by atoms with van der Waals surface area (Å²) in [6, 6.07) is 10.3. The molecule has 0 spiro atoms. The van der Waals surface area contributed by atoms with E-state index in [9.17, 15) is 12.8 Å². The molecular weight excluding hydrogens is 277 g/mol. The number of anilines is 1. The summed E-state index contributed by atoms with van der Waals surface area (Å²) in [6.07, 6.45) is 1.10. The summed E-state index contributed by atoms with van der Waals surface area (Å²) in [5.41, 5.74) is 3.63. The molecule has 2 aromatic rings. The highest BCUT2D eigenvalue weighted by Crippen LogP contribution is 2.27. The number of benzene rings is 2. The van der Waals surface area contributed by atoms with Crippen molar-refractivity contribution >= 4 is 15.7 Å². The fourth-order valence-corrected chi connectivity index (χ4v) is 2.58. The number of rotatable bonds is 3. The zero-order chi connectivity index (χ0) is 14.9. The molecule has 0 bridgehead atoms. The first-order valence-corrected chi connectivity index (χ1v) is 8.00. The molecule has 0 aliphatic rings. The molecule has 0 unspecified atom stereocenters. The van der Waals surface area contributed by atoms with Gasteiger partial charge in [0.05, 0.1) is 6.26 Å². The molecule has 0 saturated heterocycles. The van der Waals surface area contributed by atoms with Crippen LogP contribution in [-0.2, 0) is 10.0 Å². The SMILES string of the molecule is Cc1ccc(-c2ccc(NS(C)(=O)=O)cc2C)cc1F. The van der Waals surface area contributed by atoms with Gasteiger partial charge in [0.15, 0.2) is 0 Å². The Kier molecular flexibility index (Phi) is 3.81. The van der Waals surface area contributed by atoms with E-state index in [1.54, 1.807) is 31.2 Å². The van der Waals surface area contributed by atoms with Gasteiger partial charge in [0, 0.05) is 5.69 Å². The van der Waals surface area contributed by atoms with Crippen LogP contribution in [-0.4, -0.2) is 14.7 Å². The minimum absolute atomic E-state index is 0.250. The summed E-state index contributed by atoms with van der Waals surface area (Å²) >= 11 is 0. The van der Waals surface area contributed by atoms with Gasteiger partial charge in [0.1, 0.15) is 5.82 Å². The normalized spacial score (nSPS) is 11.4. The minimum atomic E-state index is -3.29. The Morgan fingerprint density at radius 3 is 2.25 bits per heavy atom. The summed E-state index contributed by atoms with van der Waals surface area (Å²) in [7, 11) is -3.29. The van der Waals surface area contributed by atoms with Crippen molar-refractivity contribution in [2.45, 2.75) is 13.8 Å². The molecule has 0 aliphatic carbocycles. The molecule has 0 heterocycles. The standard InChI is InChI=1S/C15H16FNO2S/c1-10-4-5-12(9-15(10)16)14-7-6-13(8-11(14)2)17-20(3,18)19/h4-9,17H,1-3H3. The number of hydrogen-bond donors (Lipinski definition) is 1. The van der Waals surface area contributed by atoms with Crippen molar-refractivity contribution in [3.8, 4) is 11.1 Å². The lowest BCUT2D eigenvalue weighted by Gasteiger charge is -2.10. The molecule has 0 aliphatic heterocycles. The monoisotopic (exact) mass is 293 g/mol. The predicted octanol–water partition coefficient (Wildman–Crippen LogP) is 3.48. The quantitative estimate of drug-likeness (QED) is 0.941. The molecule has 2 aromatic carbocycles. The molecule has 20 heavy (non-hydrogen) atoms. The van der Waals surface area contributed by atoms with Crippen LogP contribution < -0.4 is 4.72 Å². The molecule has 0 aromatic heterocycles. The van der Waals surface area contributed by atoms with Crippen molar-refractivity contribution in [2.24, 2.45) is 0 Å². The Morgan fingerprint density at radius 2 is 1.70 bits per heavy atom. The Bertz CT molecular complexity index is 754. The third kappa shape index (κ3) is 3.36. The molecule has 2 rings (SSSR count). The molecule has 0 radical (unpaired) electrons. The molecule has 0 amide bonds. The molecule has 1 N–H and O–H groups in total. The van der Waals surface area contributed by atoms with E-state index in [0.717, 1.165) is 22.9 Å². The highest BCUT2D eigenvalue weighted by molar-refractivity contribution is 7.92. The average molecular weight is 293 g/mol. The van der Waals surface area contributed by atoms with Gasteiger partial charge in [-0.2, -0.15) is 0 Å². The van der Waals surface area contributed by atoms with Gasteiger partial charge in [-0.3, -0.25) is 4.72 Å². The third-order valence-electron chi connectivity index (χ3n) is 3.01. The molecule has 0 atom stereocenters. The smallest absolute Gasteiger partial charge is 0.229 e. The van der Waals surface area contributed by atoms with Crippen LogP contribution in [0, 0.1) is 19.7 Å². The van der Waals surface area contributed by atoms with Crippen molar-refractivity contribution in [3.05, 3.63) is 53.3 Å². The summed E-state index contributed by atoms with van der Waals surface area (Å²) in [5.74, 6) is -0.250. The van der Waals surface area contributed by atoms with E-state index >= 15 is 0 Å². The Labute approximate surface area is 118 Å². The van der Waals surface area contributed by atoms with Crippen molar-refractivity contribution in [1.29, 1.82) is 0 Å². The molecular formula is C15H16FNO2S. The highest BCUT2D eigenvalue weighted by atomic mass is 32.2. The number of sulfonamides is 1. The first-order chi connectivity index (χ1) is 9.26. The maximum Gasteiger partial charge on any atom is 0.229 e. The van der Waals surface area contributed by atoms with Gasteiger partial charge in [0.25, 0.3) is 0 Å². The van der Waals surface area contributed by atoms with Gasteiger partial charge in [-0.15, -0.1) is 0 Å². The fraction of sp³-hybridized carbons (Fsp3) is 0.200.